The van der Waals surface area contributed by atoms with Gasteiger partial charge in [0.1, 0.15) is 12.2 Å². The third-order valence-corrected chi connectivity index (χ3v) is 2.87. The Balaban J connectivity index is 5.99. The van der Waals surface area contributed by atoms with Crippen molar-refractivity contribution in [3.05, 3.63) is 0 Å². The van der Waals surface area contributed by atoms with Gasteiger partial charge in [-0.15, -0.1) is 0 Å². The predicted molar refractivity (Wildman–Crippen MR) is 66.6 cm³/mol. The number of amides is 1. The topological polar surface area (TPSA) is 141 Å². The van der Waals surface area contributed by atoms with E-state index in [2.05, 4.69) is 0 Å². The number of nitrogens with one attached hydrogen (secondary N) is 1. The molecule has 0 rings (SSSR count). The number of aliphatic hydroxyl groups is 3. The number of Topliss-reactive ketones (excluding diaryl/α,β-unsaturated/α-hetero) is 3. The minimum absolute atomic E-state index is 0.855. The highest BCUT2D eigenvalue weighted by molar-refractivity contribution is 6.45. The fourth-order valence-corrected chi connectivity index (χ4v) is 1.80. The lowest BCUT2D eigenvalue weighted by Crippen LogP contribution is -2.71. The Kier molecular flexibility index (Phi) is 6.14. The molecule has 0 bridgehead atoms. The number of carbonyl (C=O) groups excluding carboxylic acids is 4. The van der Waals surface area contributed by atoms with E-state index in [1.165, 1.54) is 0 Å². The van der Waals surface area contributed by atoms with E-state index in [0.717, 1.165) is 27.7 Å². The number of carbonyl (C=O) groups is 4. The summed E-state index contributed by atoms with van der Waals surface area (Å²) in [6.07, 6.45) is -5.56. The highest BCUT2D eigenvalue weighted by Crippen LogP contribution is 2.20. The molecule has 0 saturated heterocycles. The van der Waals surface area contributed by atoms with Crippen LogP contribution < -0.4 is 5.32 Å². The average molecular weight is 289 g/mol. The van der Waals surface area contributed by atoms with Gasteiger partial charge in [-0.1, -0.05) is 0 Å². The molecule has 8 nitrogen and oxygen atoms in total. The lowest BCUT2D eigenvalue weighted by atomic mass is 9.78. The summed E-state index contributed by atoms with van der Waals surface area (Å²) >= 11 is 0. The number of hydrogen-bond acceptors (Lipinski definition) is 7. The van der Waals surface area contributed by atoms with Crippen molar-refractivity contribution < 1.29 is 34.5 Å². The van der Waals surface area contributed by atoms with Crippen LogP contribution in [0.3, 0.4) is 0 Å². The largest absolute Gasteiger partial charge is 0.391 e. The van der Waals surface area contributed by atoms with Gasteiger partial charge in [0.2, 0.25) is 11.7 Å². The minimum Gasteiger partial charge on any atom is -0.391 e. The Hall–Kier alpha value is -1.64. The molecular formula is C12H19NO7. The van der Waals surface area contributed by atoms with Gasteiger partial charge in [0, 0.05) is 13.8 Å². The highest BCUT2D eigenvalue weighted by atomic mass is 16.4. The molecule has 8 heteroatoms. The van der Waals surface area contributed by atoms with E-state index >= 15 is 0 Å². The minimum atomic E-state index is -2.62. The smallest absolute Gasteiger partial charge is 0.233 e. The number of rotatable bonds is 7. The maximum absolute atomic E-state index is 12.0. The van der Waals surface area contributed by atoms with Gasteiger partial charge in [0.25, 0.3) is 0 Å². The van der Waals surface area contributed by atoms with Crippen LogP contribution in [0.15, 0.2) is 0 Å². The molecule has 0 spiro atoms. The molecule has 1 amide bonds. The quantitative estimate of drug-likeness (QED) is 0.305. The van der Waals surface area contributed by atoms with Crippen molar-refractivity contribution in [2.45, 2.75) is 51.5 Å². The van der Waals surface area contributed by atoms with Gasteiger partial charge >= 0.3 is 0 Å². The maximum atomic E-state index is 12.0. The van der Waals surface area contributed by atoms with Gasteiger partial charge in [-0.2, -0.15) is 0 Å². The van der Waals surface area contributed by atoms with E-state index in [1.807, 2.05) is 5.32 Å². The molecule has 0 aromatic heterocycles. The van der Waals surface area contributed by atoms with Crippen LogP contribution in [0.4, 0.5) is 0 Å². The van der Waals surface area contributed by atoms with Crippen LogP contribution in [0.1, 0.15) is 27.7 Å². The number of ketones is 3. The van der Waals surface area contributed by atoms with Gasteiger partial charge in [-0.25, -0.2) is 0 Å². The van der Waals surface area contributed by atoms with Crippen molar-refractivity contribution in [1.82, 2.24) is 5.32 Å². The van der Waals surface area contributed by atoms with Crippen molar-refractivity contribution in [2.24, 2.45) is 0 Å². The van der Waals surface area contributed by atoms with Crippen molar-refractivity contribution in [2.75, 3.05) is 0 Å². The molecule has 114 valence electrons. The first-order chi connectivity index (χ1) is 8.98. The van der Waals surface area contributed by atoms with Gasteiger partial charge in [0.15, 0.2) is 17.1 Å². The molecule has 20 heavy (non-hydrogen) atoms. The van der Waals surface area contributed by atoms with Gasteiger partial charge in [-0.05, 0) is 13.8 Å². The second kappa shape index (κ2) is 6.69. The zero-order valence-electron chi connectivity index (χ0n) is 11.7. The van der Waals surface area contributed by atoms with Gasteiger partial charge < -0.3 is 20.6 Å². The lowest BCUT2D eigenvalue weighted by Gasteiger charge is -2.37. The third kappa shape index (κ3) is 3.47. The summed E-state index contributed by atoms with van der Waals surface area (Å²) < 4.78 is 0. The van der Waals surface area contributed by atoms with Crippen LogP contribution >= 0.6 is 0 Å². The van der Waals surface area contributed by atoms with E-state index in [-0.39, 0.29) is 0 Å². The summed E-state index contributed by atoms with van der Waals surface area (Å²) in [4.78, 5) is 46.2. The lowest BCUT2D eigenvalue weighted by molar-refractivity contribution is -0.158. The second-order valence-electron chi connectivity index (χ2n) is 4.61. The van der Waals surface area contributed by atoms with E-state index < -0.39 is 47.1 Å². The number of aliphatic hydroxyl groups excluding tert-OH is 3. The molecule has 0 aromatic rings. The van der Waals surface area contributed by atoms with E-state index in [9.17, 15) is 34.5 Å². The standard InChI is InChI=1S/C12H19NO7/c1-5(14)9(18)11(20)12(7(3)16,13-8(4)17)10(19)6(2)15/h5,9,11,14,18,20H,1-4H3,(H,13,17)/t5-,9+,11+,12+/m1/s1. The van der Waals surface area contributed by atoms with Crippen molar-refractivity contribution in [1.29, 1.82) is 0 Å². The van der Waals surface area contributed by atoms with Crippen LogP contribution in [0.5, 0.6) is 0 Å². The van der Waals surface area contributed by atoms with E-state index in [0.29, 0.717) is 0 Å². The summed E-state index contributed by atoms with van der Waals surface area (Å²) in [6, 6.07) is 0. The fourth-order valence-electron chi connectivity index (χ4n) is 1.80. The first-order valence-electron chi connectivity index (χ1n) is 5.87. The average Bonchev–Trinajstić information content (AvgIpc) is 2.32. The van der Waals surface area contributed by atoms with Crippen LogP contribution in [-0.2, 0) is 19.2 Å². The Bertz CT molecular complexity index is 432. The van der Waals surface area contributed by atoms with Crippen LogP contribution in [0.2, 0.25) is 0 Å². The Morgan fingerprint density at radius 2 is 1.45 bits per heavy atom. The molecule has 4 atom stereocenters. The molecule has 4 N–H and O–H groups in total. The summed E-state index contributed by atoms with van der Waals surface area (Å²) in [7, 11) is 0. The van der Waals surface area contributed by atoms with Gasteiger partial charge in [-0.3, -0.25) is 19.2 Å². The van der Waals surface area contributed by atoms with Crippen LogP contribution in [0, 0.1) is 0 Å². The summed E-state index contributed by atoms with van der Waals surface area (Å²) in [5.41, 5.74) is -2.62. The molecule has 0 radical (unpaired) electrons. The van der Waals surface area contributed by atoms with Crippen molar-refractivity contribution in [3.8, 4) is 0 Å². The van der Waals surface area contributed by atoms with Crippen molar-refractivity contribution >= 4 is 23.3 Å². The second-order valence-corrected chi connectivity index (χ2v) is 4.61. The SMILES string of the molecule is CC(=O)N[C@@](C(C)=O)(C(=O)C(C)=O)[C@@H](O)[C@@H](O)[C@@H](C)O. The zero-order chi connectivity index (χ0) is 16.2. The molecular weight excluding hydrogens is 270 g/mol. The Morgan fingerprint density at radius 1 is 1.00 bits per heavy atom. The van der Waals surface area contributed by atoms with E-state index in [4.69, 9.17) is 0 Å². The number of hydrogen-bond donors (Lipinski definition) is 4. The normalized spacial score (nSPS) is 18.4. The van der Waals surface area contributed by atoms with Crippen LogP contribution in [0.25, 0.3) is 0 Å². The summed E-state index contributed by atoms with van der Waals surface area (Å²) in [6.45, 7) is 3.84. The predicted octanol–water partition coefficient (Wildman–Crippen LogP) is -2.29. The molecule has 0 saturated carbocycles. The van der Waals surface area contributed by atoms with E-state index in [1.54, 1.807) is 0 Å². The zero-order valence-corrected chi connectivity index (χ0v) is 11.7. The summed E-state index contributed by atoms with van der Waals surface area (Å²) in [5.74, 6) is -4.33. The molecule has 0 unspecified atom stereocenters. The Labute approximate surface area is 115 Å². The molecule has 0 heterocycles. The Morgan fingerprint density at radius 3 is 1.70 bits per heavy atom. The third-order valence-electron chi connectivity index (χ3n) is 2.87. The van der Waals surface area contributed by atoms with Crippen LogP contribution in [-0.4, -0.2) is 62.4 Å². The van der Waals surface area contributed by atoms with Gasteiger partial charge in [0.05, 0.1) is 6.10 Å². The van der Waals surface area contributed by atoms with Crippen molar-refractivity contribution in [3.63, 3.8) is 0 Å². The molecule has 0 aliphatic carbocycles. The summed E-state index contributed by atoms with van der Waals surface area (Å²) in [5, 5.41) is 30.9. The molecule has 0 aliphatic heterocycles. The maximum Gasteiger partial charge on any atom is 0.233 e. The molecule has 0 aromatic carbocycles. The first kappa shape index (κ1) is 18.4. The highest BCUT2D eigenvalue weighted by Gasteiger charge is 2.54. The fraction of sp³-hybridized carbons (Fsp3) is 0.667. The first-order valence-corrected chi connectivity index (χ1v) is 5.87. The molecule has 0 fully saturated rings. The monoisotopic (exact) mass is 289 g/mol. The molecule has 0 aliphatic rings.